The van der Waals surface area contributed by atoms with Gasteiger partial charge >= 0.3 is 0 Å². The van der Waals surface area contributed by atoms with E-state index in [1.807, 2.05) is 0 Å². The zero-order chi connectivity index (χ0) is 12.5. The van der Waals surface area contributed by atoms with Gasteiger partial charge in [-0.05, 0) is 64.3 Å². The zero-order valence-corrected chi connectivity index (χ0v) is 11.8. The molecule has 17 heavy (non-hydrogen) atoms. The van der Waals surface area contributed by atoms with Gasteiger partial charge in [0.25, 0.3) is 0 Å². The van der Waals surface area contributed by atoms with Crippen LogP contribution in [0.1, 0.15) is 39.5 Å². The van der Waals surface area contributed by atoms with Crippen molar-refractivity contribution in [2.24, 2.45) is 11.7 Å². The van der Waals surface area contributed by atoms with Crippen LogP contribution < -0.4 is 5.73 Å². The molecule has 1 rings (SSSR count). The largest absolute Gasteiger partial charge is 0.330 e. The number of nitrogens with two attached hydrogens (primary N) is 1. The first-order chi connectivity index (χ1) is 8.22. The molecule has 102 valence electrons. The van der Waals surface area contributed by atoms with Crippen molar-refractivity contribution in [2.45, 2.75) is 39.5 Å². The van der Waals surface area contributed by atoms with Crippen LogP contribution in [0, 0.1) is 5.92 Å². The first-order valence-corrected chi connectivity index (χ1v) is 7.37. The van der Waals surface area contributed by atoms with Gasteiger partial charge < -0.3 is 15.5 Å². The Morgan fingerprint density at radius 3 is 2.18 bits per heavy atom. The van der Waals surface area contributed by atoms with Gasteiger partial charge in [0.05, 0.1) is 0 Å². The fraction of sp³-hybridized carbons (Fsp3) is 1.00. The Morgan fingerprint density at radius 1 is 0.941 bits per heavy atom. The lowest BCUT2D eigenvalue weighted by Gasteiger charge is -2.22. The van der Waals surface area contributed by atoms with Gasteiger partial charge in [0, 0.05) is 13.1 Å². The smallest absolute Gasteiger partial charge is 0.0109 e. The van der Waals surface area contributed by atoms with E-state index in [4.69, 9.17) is 5.73 Å². The van der Waals surface area contributed by atoms with E-state index >= 15 is 0 Å². The Kier molecular flexibility index (Phi) is 7.82. The molecule has 1 fully saturated rings. The molecule has 0 amide bonds. The lowest BCUT2D eigenvalue weighted by Crippen LogP contribution is -2.32. The van der Waals surface area contributed by atoms with E-state index in [0.717, 1.165) is 12.5 Å². The predicted octanol–water partition coefficient (Wildman–Crippen LogP) is 1.78. The molecule has 0 aromatic rings. The van der Waals surface area contributed by atoms with Crippen LogP contribution in [-0.4, -0.2) is 55.6 Å². The van der Waals surface area contributed by atoms with Gasteiger partial charge in [-0.15, -0.1) is 0 Å². The fourth-order valence-electron chi connectivity index (χ4n) is 2.39. The van der Waals surface area contributed by atoms with Gasteiger partial charge in [-0.25, -0.2) is 0 Å². The van der Waals surface area contributed by atoms with Crippen molar-refractivity contribution in [1.29, 1.82) is 0 Å². The van der Waals surface area contributed by atoms with Crippen molar-refractivity contribution in [3.63, 3.8) is 0 Å². The molecular weight excluding hydrogens is 210 g/mol. The summed E-state index contributed by atoms with van der Waals surface area (Å²) < 4.78 is 0. The van der Waals surface area contributed by atoms with Gasteiger partial charge in [0.2, 0.25) is 0 Å². The summed E-state index contributed by atoms with van der Waals surface area (Å²) in [5.74, 6) is 0.832. The Balaban J connectivity index is 2.15. The molecule has 0 unspecified atom stereocenters. The highest BCUT2D eigenvalue weighted by molar-refractivity contribution is 4.70. The molecule has 0 aliphatic carbocycles. The quantitative estimate of drug-likeness (QED) is 0.690. The monoisotopic (exact) mass is 241 g/mol. The average Bonchev–Trinajstić information content (AvgIpc) is 2.52. The number of rotatable bonds is 7. The molecule has 0 spiro atoms. The fourth-order valence-corrected chi connectivity index (χ4v) is 2.39. The first kappa shape index (κ1) is 14.9. The second-order valence-corrected chi connectivity index (χ2v) is 5.72. The summed E-state index contributed by atoms with van der Waals surface area (Å²) >= 11 is 0. The maximum absolute atomic E-state index is 5.54. The Morgan fingerprint density at radius 2 is 1.59 bits per heavy atom. The molecule has 1 aliphatic heterocycles. The standard InChI is InChI=1S/C14H31N3/c1-14(2)6-11-17-10-5-9-16(12-13-17)8-4-3-7-15/h14H,3-13,15H2,1-2H3. The van der Waals surface area contributed by atoms with Crippen LogP contribution in [0.5, 0.6) is 0 Å². The number of nitrogens with zero attached hydrogens (tertiary/aromatic N) is 2. The summed E-state index contributed by atoms with van der Waals surface area (Å²) in [7, 11) is 0. The maximum atomic E-state index is 5.54. The molecule has 3 nitrogen and oxygen atoms in total. The van der Waals surface area contributed by atoms with E-state index < -0.39 is 0 Å². The van der Waals surface area contributed by atoms with Crippen LogP contribution in [-0.2, 0) is 0 Å². The highest BCUT2D eigenvalue weighted by Crippen LogP contribution is 2.07. The normalized spacial score (nSPS) is 19.8. The Bertz CT molecular complexity index is 182. The molecule has 1 heterocycles. The van der Waals surface area contributed by atoms with Gasteiger partial charge in [-0.2, -0.15) is 0 Å². The molecule has 2 N–H and O–H groups in total. The Labute approximate surface area is 107 Å². The molecule has 0 radical (unpaired) electrons. The van der Waals surface area contributed by atoms with E-state index in [9.17, 15) is 0 Å². The third-order valence-electron chi connectivity index (χ3n) is 3.63. The number of hydrogen-bond donors (Lipinski definition) is 1. The van der Waals surface area contributed by atoms with Crippen LogP contribution in [0.2, 0.25) is 0 Å². The van der Waals surface area contributed by atoms with Crippen molar-refractivity contribution >= 4 is 0 Å². The molecule has 1 saturated heterocycles. The molecule has 1 aliphatic rings. The molecule has 0 bridgehead atoms. The van der Waals surface area contributed by atoms with E-state index in [1.165, 1.54) is 65.0 Å². The van der Waals surface area contributed by atoms with E-state index in [1.54, 1.807) is 0 Å². The summed E-state index contributed by atoms with van der Waals surface area (Å²) in [4.78, 5) is 5.26. The van der Waals surface area contributed by atoms with E-state index in [0.29, 0.717) is 0 Å². The zero-order valence-electron chi connectivity index (χ0n) is 11.8. The summed E-state index contributed by atoms with van der Waals surface area (Å²) in [5.41, 5.74) is 5.54. The second-order valence-electron chi connectivity index (χ2n) is 5.72. The SMILES string of the molecule is CC(C)CCN1CCCN(CCCCN)CC1. The third-order valence-corrected chi connectivity index (χ3v) is 3.63. The minimum atomic E-state index is 0.832. The molecule has 3 heteroatoms. The summed E-state index contributed by atoms with van der Waals surface area (Å²) in [6.45, 7) is 13.1. The molecule has 0 aromatic heterocycles. The van der Waals surface area contributed by atoms with Crippen LogP contribution >= 0.6 is 0 Å². The van der Waals surface area contributed by atoms with Gasteiger partial charge in [-0.3, -0.25) is 0 Å². The minimum absolute atomic E-state index is 0.832. The lowest BCUT2D eigenvalue weighted by molar-refractivity contribution is 0.245. The molecule has 0 saturated carbocycles. The summed E-state index contributed by atoms with van der Waals surface area (Å²) in [6, 6.07) is 0. The maximum Gasteiger partial charge on any atom is 0.0109 e. The number of unbranched alkanes of at least 4 members (excludes halogenated alkanes) is 1. The van der Waals surface area contributed by atoms with Crippen LogP contribution in [0.3, 0.4) is 0 Å². The summed E-state index contributed by atoms with van der Waals surface area (Å²) in [5, 5.41) is 0. The molecule has 0 atom stereocenters. The molecule has 0 aromatic carbocycles. The second kappa shape index (κ2) is 8.90. The highest BCUT2D eigenvalue weighted by atomic mass is 15.2. The molecular formula is C14H31N3. The van der Waals surface area contributed by atoms with Crippen molar-refractivity contribution in [3.8, 4) is 0 Å². The predicted molar refractivity (Wildman–Crippen MR) is 75.2 cm³/mol. The third kappa shape index (κ3) is 7.02. The summed E-state index contributed by atoms with van der Waals surface area (Å²) in [6.07, 6.45) is 5.12. The van der Waals surface area contributed by atoms with Crippen molar-refractivity contribution < 1.29 is 0 Å². The average molecular weight is 241 g/mol. The topological polar surface area (TPSA) is 32.5 Å². The lowest BCUT2D eigenvalue weighted by atomic mass is 10.1. The first-order valence-electron chi connectivity index (χ1n) is 7.37. The van der Waals surface area contributed by atoms with E-state index in [-0.39, 0.29) is 0 Å². The van der Waals surface area contributed by atoms with Crippen LogP contribution in [0.15, 0.2) is 0 Å². The van der Waals surface area contributed by atoms with Gasteiger partial charge in [0.15, 0.2) is 0 Å². The van der Waals surface area contributed by atoms with Crippen LogP contribution in [0.4, 0.5) is 0 Å². The minimum Gasteiger partial charge on any atom is -0.330 e. The van der Waals surface area contributed by atoms with Crippen molar-refractivity contribution in [1.82, 2.24) is 9.80 Å². The van der Waals surface area contributed by atoms with E-state index in [2.05, 4.69) is 23.6 Å². The van der Waals surface area contributed by atoms with Gasteiger partial charge in [-0.1, -0.05) is 13.8 Å². The van der Waals surface area contributed by atoms with Gasteiger partial charge in [0.1, 0.15) is 0 Å². The number of hydrogen-bond acceptors (Lipinski definition) is 3. The highest BCUT2D eigenvalue weighted by Gasteiger charge is 2.14. The Hall–Kier alpha value is -0.120. The van der Waals surface area contributed by atoms with Crippen molar-refractivity contribution in [2.75, 3.05) is 45.8 Å². The van der Waals surface area contributed by atoms with Crippen molar-refractivity contribution in [3.05, 3.63) is 0 Å². The van der Waals surface area contributed by atoms with Crippen LogP contribution in [0.25, 0.3) is 0 Å².